The van der Waals surface area contributed by atoms with Gasteiger partial charge in [-0.05, 0) is 12.8 Å². The van der Waals surface area contributed by atoms with Gasteiger partial charge in [-0.25, -0.2) is 0 Å². The van der Waals surface area contributed by atoms with Crippen LogP contribution in [0.1, 0.15) is 26.7 Å². The maximum atomic E-state index is 5.16. The molecule has 0 aromatic carbocycles. The number of nitrogens with one attached hydrogen (secondary N) is 1. The smallest absolute Gasteiger partial charge is 0.0601 e. The van der Waals surface area contributed by atoms with Crippen molar-refractivity contribution in [2.24, 2.45) is 0 Å². The Labute approximate surface area is 63.0 Å². The van der Waals surface area contributed by atoms with Crippen molar-refractivity contribution in [2.45, 2.75) is 44.9 Å². The third-order valence-corrected chi connectivity index (χ3v) is 2.00. The lowest BCUT2D eigenvalue weighted by Gasteiger charge is -2.36. The van der Waals surface area contributed by atoms with E-state index in [2.05, 4.69) is 19.2 Å². The first kappa shape index (κ1) is 8.02. The zero-order chi connectivity index (χ0) is 7.56. The van der Waals surface area contributed by atoms with Gasteiger partial charge in [0, 0.05) is 19.2 Å². The summed E-state index contributed by atoms with van der Waals surface area (Å²) >= 11 is 0. The zero-order valence-corrected chi connectivity index (χ0v) is 7.05. The Morgan fingerprint density at radius 1 is 1.40 bits per heavy atom. The third kappa shape index (κ3) is 1.96. The van der Waals surface area contributed by atoms with E-state index in [9.17, 15) is 0 Å². The van der Waals surface area contributed by atoms with Crippen LogP contribution in [0, 0.1) is 0 Å². The Hall–Kier alpha value is -0.0800. The van der Waals surface area contributed by atoms with Gasteiger partial charge in [0.15, 0.2) is 0 Å². The Morgan fingerprint density at radius 3 is 2.40 bits per heavy atom. The number of ether oxygens (including phenoxy) is 1. The lowest BCUT2D eigenvalue weighted by Crippen LogP contribution is -2.47. The third-order valence-electron chi connectivity index (χ3n) is 2.00. The van der Waals surface area contributed by atoms with E-state index in [1.165, 1.54) is 12.8 Å². The highest BCUT2D eigenvalue weighted by Crippen LogP contribution is 2.22. The van der Waals surface area contributed by atoms with Gasteiger partial charge in [-0.2, -0.15) is 0 Å². The molecule has 0 bridgehead atoms. The van der Waals surface area contributed by atoms with Gasteiger partial charge in [0.2, 0.25) is 0 Å². The second-order valence-corrected chi connectivity index (χ2v) is 3.35. The molecule has 0 amide bonds. The van der Waals surface area contributed by atoms with Crippen molar-refractivity contribution < 1.29 is 4.74 Å². The largest absolute Gasteiger partial charge is 0.381 e. The van der Waals surface area contributed by atoms with Crippen LogP contribution in [0.25, 0.3) is 0 Å². The van der Waals surface area contributed by atoms with Crippen molar-refractivity contribution in [2.75, 3.05) is 7.11 Å². The molecule has 1 aliphatic rings. The Morgan fingerprint density at radius 2 is 2.00 bits per heavy atom. The minimum absolute atomic E-state index is 0.524. The molecule has 0 unspecified atom stereocenters. The molecule has 1 rings (SSSR count). The first-order chi connectivity index (χ1) is 4.72. The van der Waals surface area contributed by atoms with E-state index in [4.69, 9.17) is 4.74 Å². The summed E-state index contributed by atoms with van der Waals surface area (Å²) in [6.07, 6.45) is 2.90. The summed E-state index contributed by atoms with van der Waals surface area (Å²) < 4.78 is 5.16. The maximum Gasteiger partial charge on any atom is 0.0601 e. The van der Waals surface area contributed by atoms with E-state index < -0.39 is 0 Å². The normalized spacial score (nSPS) is 32.4. The monoisotopic (exact) mass is 143 g/mol. The van der Waals surface area contributed by atoms with Crippen LogP contribution in [-0.4, -0.2) is 25.3 Å². The van der Waals surface area contributed by atoms with E-state index in [-0.39, 0.29) is 0 Å². The second kappa shape index (κ2) is 3.35. The lowest BCUT2D eigenvalue weighted by atomic mass is 9.89. The molecule has 0 spiro atoms. The zero-order valence-electron chi connectivity index (χ0n) is 7.05. The summed E-state index contributed by atoms with van der Waals surface area (Å²) in [7, 11) is 1.79. The summed E-state index contributed by atoms with van der Waals surface area (Å²) in [5, 5.41) is 3.46. The number of methoxy groups -OCH3 is 1. The fourth-order valence-corrected chi connectivity index (χ4v) is 1.37. The van der Waals surface area contributed by atoms with Crippen LogP contribution in [0.5, 0.6) is 0 Å². The molecule has 1 saturated carbocycles. The predicted molar refractivity (Wildman–Crippen MR) is 42.1 cm³/mol. The van der Waals surface area contributed by atoms with Crippen LogP contribution in [-0.2, 0) is 4.74 Å². The van der Waals surface area contributed by atoms with Crippen LogP contribution >= 0.6 is 0 Å². The molecule has 1 N–H and O–H groups in total. The van der Waals surface area contributed by atoms with Crippen LogP contribution < -0.4 is 5.32 Å². The average molecular weight is 143 g/mol. The van der Waals surface area contributed by atoms with E-state index in [0.717, 1.165) is 0 Å². The second-order valence-electron chi connectivity index (χ2n) is 3.35. The van der Waals surface area contributed by atoms with Crippen molar-refractivity contribution in [3.8, 4) is 0 Å². The molecule has 0 atom stereocenters. The highest BCUT2D eigenvalue weighted by Gasteiger charge is 2.28. The topological polar surface area (TPSA) is 21.3 Å². The predicted octanol–water partition coefficient (Wildman–Crippen LogP) is 1.16. The van der Waals surface area contributed by atoms with Crippen molar-refractivity contribution in [3.05, 3.63) is 0 Å². The molecule has 2 heteroatoms. The molecule has 0 saturated heterocycles. The molecule has 0 heterocycles. The Kier molecular flexibility index (Phi) is 2.69. The van der Waals surface area contributed by atoms with Gasteiger partial charge < -0.3 is 10.1 Å². The minimum atomic E-state index is 0.524. The highest BCUT2D eigenvalue weighted by atomic mass is 16.5. The fourth-order valence-electron chi connectivity index (χ4n) is 1.37. The van der Waals surface area contributed by atoms with Gasteiger partial charge in [0.1, 0.15) is 0 Å². The maximum absolute atomic E-state index is 5.16. The molecular formula is C8H17NO. The molecule has 1 fully saturated rings. The average Bonchev–Trinajstić information content (AvgIpc) is 1.76. The molecule has 0 aliphatic heterocycles. The minimum Gasteiger partial charge on any atom is -0.381 e. The first-order valence-corrected chi connectivity index (χ1v) is 4.01. The molecule has 1 aliphatic carbocycles. The molecule has 60 valence electrons. The van der Waals surface area contributed by atoms with Gasteiger partial charge in [0.25, 0.3) is 0 Å². The summed E-state index contributed by atoms with van der Waals surface area (Å²) in [6, 6.07) is 1.33. The van der Waals surface area contributed by atoms with Gasteiger partial charge in [0.05, 0.1) is 6.10 Å². The van der Waals surface area contributed by atoms with E-state index in [1.54, 1.807) is 7.11 Å². The standard InChI is InChI=1S/C8H17NO/c1-6(2)9-7-4-8(5-7)10-3/h6-9H,4-5H2,1-3H3/t7-,8-. The molecule has 0 aromatic rings. The summed E-state index contributed by atoms with van der Waals surface area (Å²) in [5.41, 5.74) is 0. The van der Waals surface area contributed by atoms with Gasteiger partial charge >= 0.3 is 0 Å². The van der Waals surface area contributed by atoms with Crippen LogP contribution in [0.4, 0.5) is 0 Å². The molecular weight excluding hydrogens is 126 g/mol. The highest BCUT2D eigenvalue weighted by molar-refractivity contribution is 4.86. The SMILES string of the molecule is CO[C@H]1C[C@H](NC(C)C)C1. The van der Waals surface area contributed by atoms with Gasteiger partial charge in [-0.15, -0.1) is 0 Å². The Balaban J connectivity index is 2.03. The molecule has 0 aromatic heterocycles. The van der Waals surface area contributed by atoms with Crippen molar-refractivity contribution in [3.63, 3.8) is 0 Å². The first-order valence-electron chi connectivity index (χ1n) is 4.01. The quantitative estimate of drug-likeness (QED) is 0.640. The summed E-state index contributed by atoms with van der Waals surface area (Å²) in [6.45, 7) is 4.36. The van der Waals surface area contributed by atoms with E-state index in [0.29, 0.717) is 18.2 Å². The van der Waals surface area contributed by atoms with Crippen LogP contribution in [0.2, 0.25) is 0 Å². The van der Waals surface area contributed by atoms with Crippen molar-refractivity contribution in [1.29, 1.82) is 0 Å². The molecule has 0 radical (unpaired) electrons. The fraction of sp³-hybridized carbons (Fsp3) is 1.00. The molecule has 10 heavy (non-hydrogen) atoms. The van der Waals surface area contributed by atoms with E-state index >= 15 is 0 Å². The van der Waals surface area contributed by atoms with E-state index in [1.807, 2.05) is 0 Å². The lowest BCUT2D eigenvalue weighted by molar-refractivity contribution is 0.0154. The van der Waals surface area contributed by atoms with Crippen LogP contribution in [0.3, 0.4) is 0 Å². The number of hydrogen-bond acceptors (Lipinski definition) is 2. The van der Waals surface area contributed by atoms with Crippen molar-refractivity contribution in [1.82, 2.24) is 5.32 Å². The number of hydrogen-bond donors (Lipinski definition) is 1. The number of rotatable bonds is 3. The van der Waals surface area contributed by atoms with Gasteiger partial charge in [-0.3, -0.25) is 0 Å². The van der Waals surface area contributed by atoms with Crippen molar-refractivity contribution >= 4 is 0 Å². The summed E-state index contributed by atoms with van der Waals surface area (Å²) in [5.74, 6) is 0. The van der Waals surface area contributed by atoms with Crippen LogP contribution in [0.15, 0.2) is 0 Å². The Bertz CT molecular complexity index is 97.4. The summed E-state index contributed by atoms with van der Waals surface area (Å²) in [4.78, 5) is 0. The molecule has 2 nitrogen and oxygen atoms in total. The van der Waals surface area contributed by atoms with Gasteiger partial charge in [-0.1, -0.05) is 13.8 Å².